The Kier molecular flexibility index (Phi) is 3.07. The van der Waals surface area contributed by atoms with Gasteiger partial charge in [0.05, 0.1) is 11.6 Å². The minimum atomic E-state index is -0.471. The minimum Gasteiger partial charge on any atom is -0.370 e. The van der Waals surface area contributed by atoms with Crippen LogP contribution < -0.4 is 11.5 Å². The second-order valence-electron chi connectivity index (χ2n) is 5.19. The van der Waals surface area contributed by atoms with Crippen molar-refractivity contribution in [1.29, 1.82) is 5.26 Å². The number of hydrogen-bond donors (Lipinski definition) is 2. The maximum atomic E-state index is 11.9. The molecule has 5 heteroatoms. The normalized spacial score (nSPS) is 13.7. The lowest BCUT2D eigenvalue weighted by Gasteiger charge is -2.09. The molecule has 0 spiro atoms. The largest absolute Gasteiger partial charge is 0.370 e. The van der Waals surface area contributed by atoms with Crippen LogP contribution in [0.4, 0.5) is 0 Å². The van der Waals surface area contributed by atoms with Crippen molar-refractivity contribution >= 4 is 22.6 Å². The molecule has 1 amide bonds. The number of rotatable bonds is 2. The predicted molar refractivity (Wildman–Crippen MR) is 80.8 cm³/mol. The highest BCUT2D eigenvalue weighted by Crippen LogP contribution is 2.44. The SMILES string of the molecule is N#Cc1ccc2ccc(C(=O)N=C(N)N)cc2c1C1CC1. The molecule has 104 valence electrons. The fraction of sp³-hybridized carbons (Fsp3) is 0.188. The van der Waals surface area contributed by atoms with Crippen LogP contribution in [-0.2, 0) is 0 Å². The van der Waals surface area contributed by atoms with Gasteiger partial charge in [-0.1, -0.05) is 12.1 Å². The number of hydrogen-bond acceptors (Lipinski definition) is 2. The van der Waals surface area contributed by atoms with Crippen LogP contribution in [0.1, 0.15) is 40.2 Å². The summed E-state index contributed by atoms with van der Waals surface area (Å²) in [5, 5.41) is 11.2. The van der Waals surface area contributed by atoms with E-state index in [0.29, 0.717) is 17.0 Å². The zero-order valence-electron chi connectivity index (χ0n) is 11.3. The summed E-state index contributed by atoms with van der Waals surface area (Å²) in [6.07, 6.45) is 2.17. The molecule has 3 rings (SSSR count). The summed E-state index contributed by atoms with van der Waals surface area (Å²) in [5.74, 6) is -0.314. The van der Waals surface area contributed by atoms with Crippen molar-refractivity contribution in [2.45, 2.75) is 18.8 Å². The van der Waals surface area contributed by atoms with E-state index < -0.39 is 5.91 Å². The van der Waals surface area contributed by atoms with Gasteiger partial charge < -0.3 is 11.5 Å². The lowest BCUT2D eigenvalue weighted by molar-refractivity contribution is 0.100. The standard InChI is InChI=1S/C16H14N4O/c17-8-12-6-2-9-1-5-11(15(21)20-16(18)19)7-13(9)14(12)10-3-4-10/h1-2,5-7,10H,3-4H2,(H4,18,19,20,21). The molecular weight excluding hydrogens is 264 g/mol. The third kappa shape index (κ3) is 2.43. The van der Waals surface area contributed by atoms with Gasteiger partial charge in [-0.3, -0.25) is 4.79 Å². The molecule has 0 unspecified atom stereocenters. The second kappa shape index (κ2) is 4.91. The number of nitrogens with two attached hydrogens (primary N) is 2. The lowest BCUT2D eigenvalue weighted by atomic mass is 9.94. The third-order valence-electron chi connectivity index (χ3n) is 3.65. The summed E-state index contributed by atoms with van der Waals surface area (Å²) in [6.45, 7) is 0. The van der Waals surface area contributed by atoms with E-state index in [1.165, 1.54) is 0 Å². The first-order valence-corrected chi connectivity index (χ1v) is 6.71. The molecule has 0 atom stereocenters. The molecular formula is C16H14N4O. The van der Waals surface area contributed by atoms with Crippen LogP contribution in [-0.4, -0.2) is 11.9 Å². The number of benzene rings is 2. The molecule has 2 aromatic carbocycles. The highest BCUT2D eigenvalue weighted by Gasteiger charge is 2.28. The van der Waals surface area contributed by atoms with Gasteiger partial charge in [-0.05, 0) is 53.3 Å². The first-order valence-electron chi connectivity index (χ1n) is 6.71. The van der Waals surface area contributed by atoms with Gasteiger partial charge in [0.2, 0.25) is 0 Å². The fourth-order valence-corrected chi connectivity index (χ4v) is 2.57. The molecule has 0 heterocycles. The van der Waals surface area contributed by atoms with Crippen LogP contribution in [0.25, 0.3) is 10.8 Å². The summed E-state index contributed by atoms with van der Waals surface area (Å²) in [4.78, 5) is 15.5. The molecule has 0 aromatic heterocycles. The molecule has 21 heavy (non-hydrogen) atoms. The van der Waals surface area contributed by atoms with E-state index in [9.17, 15) is 10.1 Å². The Morgan fingerprint density at radius 2 is 1.95 bits per heavy atom. The van der Waals surface area contributed by atoms with E-state index >= 15 is 0 Å². The Balaban J connectivity index is 2.20. The van der Waals surface area contributed by atoms with Crippen LogP contribution in [0.3, 0.4) is 0 Å². The number of carbonyl (C=O) groups excluding carboxylic acids is 1. The number of guanidine groups is 1. The van der Waals surface area contributed by atoms with Gasteiger partial charge in [-0.15, -0.1) is 0 Å². The topological polar surface area (TPSA) is 105 Å². The number of nitrogens with zero attached hydrogens (tertiary/aromatic N) is 2. The van der Waals surface area contributed by atoms with Crippen LogP contribution in [0, 0.1) is 11.3 Å². The fourth-order valence-electron chi connectivity index (χ4n) is 2.57. The minimum absolute atomic E-state index is 0.256. The molecule has 4 N–H and O–H groups in total. The average molecular weight is 278 g/mol. The zero-order chi connectivity index (χ0) is 15.0. The zero-order valence-corrected chi connectivity index (χ0v) is 11.3. The van der Waals surface area contributed by atoms with Gasteiger partial charge in [0.15, 0.2) is 5.96 Å². The number of aliphatic imine (C=N–C) groups is 1. The molecule has 5 nitrogen and oxygen atoms in total. The van der Waals surface area contributed by atoms with Gasteiger partial charge in [0, 0.05) is 5.56 Å². The number of amides is 1. The molecule has 2 aromatic rings. The Morgan fingerprint density at radius 1 is 1.24 bits per heavy atom. The van der Waals surface area contributed by atoms with Crippen molar-refractivity contribution in [1.82, 2.24) is 0 Å². The van der Waals surface area contributed by atoms with Gasteiger partial charge >= 0.3 is 0 Å². The highest BCUT2D eigenvalue weighted by atomic mass is 16.1. The monoisotopic (exact) mass is 278 g/mol. The third-order valence-corrected chi connectivity index (χ3v) is 3.65. The molecule has 1 aliphatic carbocycles. The Hall–Kier alpha value is -2.87. The highest BCUT2D eigenvalue weighted by molar-refractivity contribution is 6.04. The van der Waals surface area contributed by atoms with Crippen molar-refractivity contribution in [3.05, 3.63) is 47.0 Å². The molecule has 1 saturated carbocycles. The van der Waals surface area contributed by atoms with Crippen LogP contribution >= 0.6 is 0 Å². The summed E-state index contributed by atoms with van der Waals surface area (Å²) in [7, 11) is 0. The van der Waals surface area contributed by atoms with E-state index in [-0.39, 0.29) is 5.96 Å². The van der Waals surface area contributed by atoms with Crippen molar-refractivity contribution < 1.29 is 4.79 Å². The van der Waals surface area contributed by atoms with E-state index in [1.54, 1.807) is 12.1 Å². The summed E-state index contributed by atoms with van der Waals surface area (Å²) >= 11 is 0. The van der Waals surface area contributed by atoms with Crippen molar-refractivity contribution in [3.8, 4) is 6.07 Å². The lowest BCUT2D eigenvalue weighted by Crippen LogP contribution is -2.24. The first-order chi connectivity index (χ1) is 10.1. The van der Waals surface area contributed by atoms with Gasteiger partial charge in [-0.2, -0.15) is 10.3 Å². The molecule has 0 aliphatic heterocycles. The van der Waals surface area contributed by atoms with Crippen LogP contribution in [0.15, 0.2) is 35.3 Å². The number of fused-ring (bicyclic) bond motifs is 1. The maximum absolute atomic E-state index is 11.9. The Morgan fingerprint density at radius 3 is 2.57 bits per heavy atom. The van der Waals surface area contributed by atoms with Gasteiger partial charge in [0.25, 0.3) is 5.91 Å². The Labute approximate surface area is 121 Å². The smallest absolute Gasteiger partial charge is 0.280 e. The van der Waals surface area contributed by atoms with Crippen LogP contribution in [0.5, 0.6) is 0 Å². The molecule has 1 aliphatic rings. The molecule has 0 radical (unpaired) electrons. The van der Waals surface area contributed by atoms with Crippen LogP contribution in [0.2, 0.25) is 0 Å². The van der Waals surface area contributed by atoms with Gasteiger partial charge in [0.1, 0.15) is 0 Å². The first kappa shape index (κ1) is 13.1. The van der Waals surface area contributed by atoms with Crippen molar-refractivity contribution in [2.24, 2.45) is 16.5 Å². The quantitative estimate of drug-likeness (QED) is 0.647. The molecule has 0 bridgehead atoms. The Bertz CT molecular complexity index is 809. The van der Waals surface area contributed by atoms with Gasteiger partial charge in [-0.25, -0.2) is 0 Å². The van der Waals surface area contributed by atoms with E-state index in [4.69, 9.17) is 11.5 Å². The summed E-state index contributed by atoms with van der Waals surface area (Å²) in [5.41, 5.74) is 12.6. The predicted octanol–water partition coefficient (Wildman–Crippen LogP) is 2.00. The number of nitriles is 1. The van der Waals surface area contributed by atoms with Crippen molar-refractivity contribution in [3.63, 3.8) is 0 Å². The molecule has 0 saturated heterocycles. The van der Waals surface area contributed by atoms with E-state index in [0.717, 1.165) is 29.2 Å². The summed E-state index contributed by atoms with van der Waals surface area (Å²) < 4.78 is 0. The average Bonchev–Trinajstić information content (AvgIpc) is 3.29. The summed E-state index contributed by atoms with van der Waals surface area (Å²) in [6, 6.07) is 11.3. The van der Waals surface area contributed by atoms with E-state index in [1.807, 2.05) is 18.2 Å². The second-order valence-corrected chi connectivity index (χ2v) is 5.19. The van der Waals surface area contributed by atoms with E-state index in [2.05, 4.69) is 11.1 Å². The maximum Gasteiger partial charge on any atom is 0.280 e. The number of carbonyl (C=O) groups is 1. The van der Waals surface area contributed by atoms with Crippen molar-refractivity contribution in [2.75, 3.05) is 0 Å². The molecule has 1 fully saturated rings.